The van der Waals surface area contributed by atoms with E-state index in [4.69, 9.17) is 5.11 Å². The van der Waals surface area contributed by atoms with E-state index in [1.807, 2.05) is 32.8 Å². The Morgan fingerprint density at radius 3 is 2.17 bits per heavy atom. The number of nitrogens with zero attached hydrogens (tertiary/aromatic N) is 1. The van der Waals surface area contributed by atoms with Crippen LogP contribution in [0.15, 0.2) is 0 Å². The van der Waals surface area contributed by atoms with Crippen molar-refractivity contribution in [3.05, 3.63) is 0 Å². The number of hydrogen-bond acceptors (Lipinski definition) is 2. The monoisotopic (exact) mass is 179 g/mol. The first kappa shape index (κ1) is 14.5. The molecule has 0 aromatic heterocycles. The quantitative estimate of drug-likeness (QED) is 0.358. The maximum absolute atomic E-state index is 10.1. The van der Waals surface area contributed by atoms with Gasteiger partial charge in [-0.1, -0.05) is 5.92 Å². The van der Waals surface area contributed by atoms with Gasteiger partial charge in [0, 0.05) is 5.92 Å². The minimum atomic E-state index is -1.08. The van der Waals surface area contributed by atoms with Crippen LogP contribution in [0.3, 0.4) is 0 Å². The van der Waals surface area contributed by atoms with Gasteiger partial charge in [0.05, 0.1) is 5.54 Å². The number of carboxylic acid groups (broad SMARTS) is 1. The van der Waals surface area contributed by atoms with Gasteiger partial charge in [0.25, 0.3) is 0 Å². The van der Waals surface area contributed by atoms with Crippen molar-refractivity contribution >= 4 is 5.97 Å². The van der Waals surface area contributed by atoms with Crippen LogP contribution in [0.2, 0.25) is 0 Å². The average molecular weight is 179 g/mol. The van der Waals surface area contributed by atoms with Gasteiger partial charge in [0.2, 0.25) is 0 Å². The molecule has 0 aliphatic carbocycles. The van der Waals surface area contributed by atoms with Gasteiger partial charge in [-0.25, -0.2) is 4.79 Å². The summed E-state index contributed by atoms with van der Waals surface area (Å²) in [5.41, 5.74) is -0.377. The molecule has 0 aromatic carbocycles. The normalized spacial score (nSPS) is 9.75. The molecule has 0 aliphatic heterocycles. The van der Waals surface area contributed by atoms with Gasteiger partial charge in [-0.2, -0.15) is 0 Å². The van der Waals surface area contributed by atoms with Crippen molar-refractivity contribution in [2.24, 2.45) is 0 Å². The van der Waals surface area contributed by atoms with Crippen LogP contribution >= 0.6 is 0 Å². The predicted octanol–water partition coefficient (Wildman–Crippen LogP) is -2.47. The number of aliphatic carboxylic acids is 1. The summed E-state index contributed by atoms with van der Waals surface area (Å²) in [6.07, 6.45) is 0. The van der Waals surface area contributed by atoms with Crippen molar-refractivity contribution in [2.75, 3.05) is 14.1 Å². The Bertz CT molecular complexity index is 218. The maximum atomic E-state index is 10.1. The molecule has 0 aliphatic rings. The number of carboxylic acids is 1. The SMILES string of the molecule is CN(C)C(C)(C)C#CC(=O)O.[H-].[Na+]. The second-order valence-electron chi connectivity index (χ2n) is 3.01. The molecular weight excluding hydrogens is 165 g/mol. The van der Waals surface area contributed by atoms with Crippen molar-refractivity contribution in [2.45, 2.75) is 19.4 Å². The summed E-state index contributed by atoms with van der Waals surface area (Å²) < 4.78 is 0. The fourth-order valence-corrected chi connectivity index (χ4v) is 0.318. The Kier molecular flexibility index (Phi) is 6.78. The Labute approximate surface area is 96.9 Å². The van der Waals surface area contributed by atoms with Gasteiger partial charge >= 0.3 is 35.5 Å². The summed E-state index contributed by atoms with van der Waals surface area (Å²) in [7, 11) is 3.72. The third kappa shape index (κ3) is 5.62. The zero-order valence-corrected chi connectivity index (χ0v) is 10.3. The van der Waals surface area contributed by atoms with Crippen molar-refractivity contribution in [1.29, 1.82) is 0 Å². The van der Waals surface area contributed by atoms with E-state index in [2.05, 4.69) is 11.8 Å². The molecule has 0 atom stereocenters. The van der Waals surface area contributed by atoms with Crippen LogP contribution in [0.4, 0.5) is 0 Å². The summed E-state index contributed by atoms with van der Waals surface area (Å²) >= 11 is 0. The summed E-state index contributed by atoms with van der Waals surface area (Å²) in [6, 6.07) is 0. The Morgan fingerprint density at radius 1 is 1.50 bits per heavy atom. The topological polar surface area (TPSA) is 40.5 Å². The molecule has 12 heavy (non-hydrogen) atoms. The fraction of sp³-hybridized carbons (Fsp3) is 0.625. The third-order valence-electron chi connectivity index (χ3n) is 1.59. The molecule has 0 bridgehead atoms. The van der Waals surface area contributed by atoms with Crippen LogP contribution in [-0.2, 0) is 4.79 Å². The molecule has 0 heterocycles. The van der Waals surface area contributed by atoms with Crippen molar-refractivity contribution in [3.63, 3.8) is 0 Å². The second-order valence-corrected chi connectivity index (χ2v) is 3.01. The van der Waals surface area contributed by atoms with Gasteiger partial charge in [0.1, 0.15) is 0 Å². The first-order chi connectivity index (χ1) is 4.86. The molecule has 0 saturated carbocycles. The van der Waals surface area contributed by atoms with E-state index in [9.17, 15) is 4.79 Å². The van der Waals surface area contributed by atoms with E-state index in [0.29, 0.717) is 0 Å². The van der Waals surface area contributed by atoms with E-state index in [0.717, 1.165) is 0 Å². The fourth-order valence-electron chi connectivity index (χ4n) is 0.318. The van der Waals surface area contributed by atoms with Gasteiger partial charge in [-0.15, -0.1) is 0 Å². The Morgan fingerprint density at radius 2 is 1.92 bits per heavy atom. The molecule has 1 N–H and O–H groups in total. The van der Waals surface area contributed by atoms with E-state index in [-0.39, 0.29) is 36.5 Å². The maximum Gasteiger partial charge on any atom is 1.00 e. The summed E-state index contributed by atoms with van der Waals surface area (Å²) in [4.78, 5) is 11.9. The molecule has 0 spiro atoms. The molecule has 0 unspecified atom stereocenters. The van der Waals surface area contributed by atoms with Crippen molar-refractivity contribution < 1.29 is 40.9 Å². The van der Waals surface area contributed by atoms with Gasteiger partial charge < -0.3 is 6.53 Å². The summed E-state index contributed by atoms with van der Waals surface area (Å²) in [6.45, 7) is 3.73. The predicted molar refractivity (Wildman–Crippen MR) is 44.3 cm³/mol. The standard InChI is InChI=1S/C8H13NO2.Na.H/c1-8(2,9(3)4)6-5-7(10)11;;/h1-4H3,(H,10,11);;/q;+1;-1. The van der Waals surface area contributed by atoms with Crippen LogP contribution in [0, 0.1) is 11.8 Å². The third-order valence-corrected chi connectivity index (χ3v) is 1.59. The van der Waals surface area contributed by atoms with Crippen molar-refractivity contribution in [3.8, 4) is 11.8 Å². The van der Waals surface area contributed by atoms with Crippen LogP contribution in [0.1, 0.15) is 15.3 Å². The zero-order valence-electron chi connectivity index (χ0n) is 9.30. The molecule has 64 valence electrons. The minimum Gasteiger partial charge on any atom is -1.00 e. The molecule has 0 amide bonds. The van der Waals surface area contributed by atoms with Crippen LogP contribution < -0.4 is 29.6 Å². The van der Waals surface area contributed by atoms with Crippen LogP contribution in [0.25, 0.3) is 0 Å². The van der Waals surface area contributed by atoms with Gasteiger partial charge in [0.15, 0.2) is 0 Å². The molecule has 3 nitrogen and oxygen atoms in total. The average Bonchev–Trinajstić information content (AvgIpc) is 1.84. The first-order valence-electron chi connectivity index (χ1n) is 3.30. The summed E-state index contributed by atoms with van der Waals surface area (Å²) in [5, 5.41) is 8.27. The van der Waals surface area contributed by atoms with Crippen LogP contribution in [0.5, 0.6) is 0 Å². The molecule has 4 heteroatoms. The van der Waals surface area contributed by atoms with Crippen LogP contribution in [-0.4, -0.2) is 35.6 Å². The van der Waals surface area contributed by atoms with Gasteiger partial charge in [-0.3, -0.25) is 4.90 Å². The first-order valence-corrected chi connectivity index (χ1v) is 3.30. The largest absolute Gasteiger partial charge is 1.00 e. The van der Waals surface area contributed by atoms with Crippen molar-refractivity contribution in [1.82, 2.24) is 4.90 Å². The second kappa shape index (κ2) is 5.60. The van der Waals surface area contributed by atoms with Gasteiger partial charge in [-0.05, 0) is 27.9 Å². The molecular formula is C8H14NNaO2. The van der Waals surface area contributed by atoms with E-state index in [1.54, 1.807) is 0 Å². The number of carbonyl (C=O) groups is 1. The minimum absolute atomic E-state index is 0. The van der Waals surface area contributed by atoms with E-state index < -0.39 is 5.97 Å². The number of hydrogen-bond donors (Lipinski definition) is 1. The van der Waals surface area contributed by atoms with E-state index >= 15 is 0 Å². The molecule has 0 radical (unpaired) electrons. The number of rotatable bonds is 1. The van der Waals surface area contributed by atoms with E-state index in [1.165, 1.54) is 0 Å². The Balaban J connectivity index is -0.000000500. The molecule has 0 saturated heterocycles. The summed E-state index contributed by atoms with van der Waals surface area (Å²) in [5.74, 6) is 3.64. The molecule has 0 aromatic rings. The smallest absolute Gasteiger partial charge is 1.00 e. The zero-order chi connectivity index (χ0) is 9.07. The molecule has 0 rings (SSSR count). The molecule has 0 fully saturated rings. The Hall–Kier alpha value is -0.0100.